The fourth-order valence-corrected chi connectivity index (χ4v) is 11.8. The number of hydrogen-bond acceptors (Lipinski definition) is 12. The van der Waals surface area contributed by atoms with Crippen molar-refractivity contribution in [3.63, 3.8) is 0 Å². The smallest absolute Gasteiger partial charge is 0.272 e. The van der Waals surface area contributed by atoms with Crippen molar-refractivity contribution >= 4 is 76.7 Å². The Balaban J connectivity index is 0.00000676. The molecule has 0 radical (unpaired) electrons. The van der Waals surface area contributed by atoms with Crippen LogP contribution in [0.1, 0.15) is 59.3 Å². The van der Waals surface area contributed by atoms with E-state index in [1.54, 1.807) is 46.0 Å². The Kier molecular flexibility index (Phi) is 15.8. The number of aromatic hydroxyl groups is 1. The Morgan fingerprint density at radius 2 is 1.49 bits per heavy atom. The van der Waals surface area contributed by atoms with E-state index in [4.69, 9.17) is 54.1 Å². The van der Waals surface area contributed by atoms with Crippen LogP contribution in [-0.4, -0.2) is 155 Å². The second-order valence-electron chi connectivity index (χ2n) is 18.7. The Labute approximate surface area is 431 Å². The lowest BCUT2D eigenvalue weighted by Gasteiger charge is -2.63. The molecule has 9 rings (SSSR count). The van der Waals surface area contributed by atoms with Gasteiger partial charge in [0.1, 0.15) is 32.5 Å². The average Bonchev–Trinajstić information content (AvgIpc) is 3.87. The fourth-order valence-electron chi connectivity index (χ4n) is 11.2. The molecular formula is C49H56Cl4N8O10. The number of phenolic OH excluding ortho intramolecular Hbond substituents is 1. The number of aliphatic hydroxyl groups is 1. The highest BCUT2D eigenvalue weighted by molar-refractivity contribution is 6.35. The van der Waals surface area contributed by atoms with Crippen LogP contribution in [0.15, 0.2) is 54.6 Å². The van der Waals surface area contributed by atoms with Gasteiger partial charge >= 0.3 is 0 Å². The van der Waals surface area contributed by atoms with Gasteiger partial charge in [-0.05, 0) is 101 Å². The molecule has 3 fully saturated rings. The first kappa shape index (κ1) is 52.2. The first-order valence-corrected chi connectivity index (χ1v) is 24.5. The molecule has 1 aromatic heterocycles. The molecule has 4 aromatic rings. The van der Waals surface area contributed by atoms with Crippen molar-refractivity contribution in [2.45, 2.75) is 80.7 Å². The first-order chi connectivity index (χ1) is 33.6. The molecule has 1 saturated carbocycles. The van der Waals surface area contributed by atoms with Gasteiger partial charge in [0.15, 0.2) is 17.2 Å². The molecule has 5 atom stereocenters. The highest BCUT2D eigenvalue weighted by atomic mass is 35.5. The topological polar surface area (TPSA) is 226 Å². The highest BCUT2D eigenvalue weighted by Crippen LogP contribution is 2.65. The number of amides is 5. The van der Waals surface area contributed by atoms with Gasteiger partial charge in [0.05, 0.1) is 33.5 Å². The van der Waals surface area contributed by atoms with Crippen molar-refractivity contribution < 1.29 is 48.4 Å². The summed E-state index contributed by atoms with van der Waals surface area (Å²) in [5.74, 6) is -1.65. The van der Waals surface area contributed by atoms with Crippen molar-refractivity contribution in [1.29, 1.82) is 0 Å². The third-order valence-corrected chi connectivity index (χ3v) is 15.3. The Bertz CT molecular complexity index is 2700. The number of piperidine rings is 2. The van der Waals surface area contributed by atoms with Crippen molar-refractivity contribution in [2.75, 3.05) is 66.2 Å². The highest BCUT2D eigenvalue weighted by Gasteiger charge is 2.72. The van der Waals surface area contributed by atoms with Crippen LogP contribution in [0.3, 0.4) is 0 Å². The van der Waals surface area contributed by atoms with Crippen LogP contribution in [0.25, 0.3) is 16.9 Å². The Hall–Kier alpha value is -5.18. The minimum atomic E-state index is -1.08. The molecule has 1 spiro atoms. The van der Waals surface area contributed by atoms with Crippen LogP contribution in [0.2, 0.25) is 15.1 Å². The lowest BCUT2D eigenvalue weighted by molar-refractivity contribution is -0.187. The minimum Gasteiger partial charge on any atom is -0.504 e. The summed E-state index contributed by atoms with van der Waals surface area (Å²) in [6.07, 6.45) is 2.59. The van der Waals surface area contributed by atoms with Gasteiger partial charge in [-0.1, -0.05) is 53.0 Å². The minimum absolute atomic E-state index is 0. The van der Waals surface area contributed by atoms with Crippen LogP contribution >= 0.6 is 47.2 Å². The van der Waals surface area contributed by atoms with Gasteiger partial charge in [0, 0.05) is 65.0 Å². The summed E-state index contributed by atoms with van der Waals surface area (Å²) in [6.45, 7) is 2.04. The summed E-state index contributed by atoms with van der Waals surface area (Å²) in [7, 11) is 2.02. The molecule has 6 N–H and O–H groups in total. The van der Waals surface area contributed by atoms with Crippen LogP contribution in [0.4, 0.5) is 0 Å². The predicted molar refractivity (Wildman–Crippen MR) is 266 cm³/mol. The second-order valence-corrected chi connectivity index (χ2v) is 20.0. The van der Waals surface area contributed by atoms with Gasteiger partial charge in [-0.25, -0.2) is 4.68 Å². The fraction of sp³-hybridized carbons (Fsp3) is 0.469. The lowest BCUT2D eigenvalue weighted by atomic mass is 9.48. The molecule has 380 valence electrons. The number of benzene rings is 3. The van der Waals surface area contributed by atoms with E-state index in [1.807, 2.05) is 32.2 Å². The van der Waals surface area contributed by atoms with Gasteiger partial charge < -0.3 is 55.5 Å². The quantitative estimate of drug-likeness (QED) is 0.0880. The molecule has 2 bridgehead atoms. The maximum atomic E-state index is 13.7. The van der Waals surface area contributed by atoms with Crippen molar-refractivity contribution in [3.8, 4) is 28.4 Å². The summed E-state index contributed by atoms with van der Waals surface area (Å²) >= 11 is 18.9. The van der Waals surface area contributed by atoms with Crippen molar-refractivity contribution in [2.24, 2.45) is 0 Å². The summed E-state index contributed by atoms with van der Waals surface area (Å²) in [4.78, 5) is 68.4. The van der Waals surface area contributed by atoms with Crippen molar-refractivity contribution in [1.82, 2.24) is 40.8 Å². The molecule has 22 heteroatoms. The van der Waals surface area contributed by atoms with E-state index in [1.165, 1.54) is 0 Å². The normalized spacial score (nSPS) is 23.2. The number of aromatic nitrogens is 2. The molecule has 4 heterocycles. The molecule has 5 amide bonds. The van der Waals surface area contributed by atoms with Gasteiger partial charge in [-0.15, -0.1) is 12.4 Å². The summed E-state index contributed by atoms with van der Waals surface area (Å²) in [5.41, 5.74) is 2.90. The zero-order chi connectivity index (χ0) is 49.5. The van der Waals surface area contributed by atoms with Crippen molar-refractivity contribution in [3.05, 3.63) is 92.0 Å². The molecule has 3 aromatic carbocycles. The number of rotatable bonds is 16. The maximum Gasteiger partial charge on any atom is 0.272 e. The third kappa shape index (κ3) is 10.1. The number of likely N-dealkylation sites (N-methyl/N-ethyl adjacent to an activating group) is 1. The van der Waals surface area contributed by atoms with E-state index in [0.717, 1.165) is 23.2 Å². The standard InChI is InChI=1S/C49H55Cl3N8O10.ClH/c1-27-43(57-60(35-9-8-31(51)22-33(35)52)44(27)28-3-6-30(50)7-4-28)47(66)55-32-12-18-59(19-13-32)41(65)26-69-24-39(63)54-17-16-53-38(62)23-68-25-40(64)56-34-11-14-49(67)37-21-29-5-10-36(61)45-42(29)48(49,46(34)70-45)15-20-58(37)2;/h3-10,22,32,34,37,46,61,67H,11-21,23-26H2,1-2H3,(H,53,62)(H,54,63)(H,55,66)(H,56,64);1H/t34-,37+,46-,48-,49+;/m0./s1. The monoisotopic (exact) mass is 1060 g/mol. The molecule has 0 unspecified atom stereocenters. The summed E-state index contributed by atoms with van der Waals surface area (Å²) in [6, 6.07) is 15.0. The first-order valence-electron chi connectivity index (χ1n) is 23.4. The molecular weight excluding hydrogens is 1000 g/mol. The van der Waals surface area contributed by atoms with Gasteiger partial charge in [0.2, 0.25) is 23.6 Å². The largest absolute Gasteiger partial charge is 0.504 e. The van der Waals surface area contributed by atoms with E-state index in [2.05, 4.69) is 26.2 Å². The number of nitrogens with zero attached hydrogens (tertiary/aromatic N) is 4. The number of phenols is 1. The van der Waals surface area contributed by atoms with Gasteiger partial charge in [0.25, 0.3) is 5.91 Å². The number of hydrogen-bond donors (Lipinski definition) is 6. The zero-order valence-corrected chi connectivity index (χ0v) is 42.2. The van der Waals surface area contributed by atoms with Crippen LogP contribution in [0.5, 0.6) is 11.5 Å². The van der Waals surface area contributed by atoms with Gasteiger partial charge in [-0.2, -0.15) is 5.10 Å². The second kappa shape index (κ2) is 21.5. The number of ether oxygens (including phenoxy) is 3. The van der Waals surface area contributed by atoms with E-state index in [-0.39, 0.29) is 87.3 Å². The SMILES string of the molecule is Cc1c(C(=O)NC2CCN(C(=O)COCC(=O)NCCNC(=O)COCC(=O)N[C@H]3CC[C@@]4(O)[C@H]5Cc6ccc(O)c7c6[C@@]4(CCN5C)[C@H]3O7)CC2)nn(-c2ccc(Cl)cc2Cl)c1-c1ccc(Cl)cc1.Cl. The molecule has 3 aliphatic heterocycles. The van der Waals surface area contributed by atoms with Gasteiger partial charge in [-0.3, -0.25) is 24.0 Å². The molecule has 5 aliphatic rings. The van der Waals surface area contributed by atoms with E-state index in [0.29, 0.717) is 89.4 Å². The van der Waals surface area contributed by atoms with Crippen LogP contribution < -0.4 is 26.0 Å². The molecule has 18 nitrogen and oxygen atoms in total. The van der Waals surface area contributed by atoms with E-state index >= 15 is 0 Å². The summed E-state index contributed by atoms with van der Waals surface area (Å²) in [5, 5.41) is 40.5. The van der Waals surface area contributed by atoms with Crippen LogP contribution in [-0.2, 0) is 40.5 Å². The average molecular weight is 1060 g/mol. The number of nitrogens with one attached hydrogen (secondary N) is 4. The Morgan fingerprint density at radius 3 is 2.18 bits per heavy atom. The van der Waals surface area contributed by atoms with E-state index in [9.17, 15) is 34.2 Å². The maximum absolute atomic E-state index is 13.7. The Morgan fingerprint density at radius 1 is 0.831 bits per heavy atom. The van der Waals surface area contributed by atoms with E-state index < -0.39 is 40.9 Å². The number of carbonyl (C=O) groups is 5. The summed E-state index contributed by atoms with van der Waals surface area (Å²) < 4.78 is 18.8. The van der Waals surface area contributed by atoms with Crippen LogP contribution in [0, 0.1) is 6.92 Å². The number of halogens is 4. The lowest BCUT2D eigenvalue weighted by Crippen LogP contribution is -2.77. The zero-order valence-electron chi connectivity index (χ0n) is 39.1. The third-order valence-electron chi connectivity index (χ3n) is 14.5. The molecule has 71 heavy (non-hydrogen) atoms. The molecule has 2 aliphatic carbocycles. The molecule has 2 saturated heterocycles. The number of carbonyl (C=O) groups excluding carboxylic acids is 5. The number of likely N-dealkylation sites (tertiary alicyclic amines) is 2. The predicted octanol–water partition coefficient (Wildman–Crippen LogP) is 3.89.